The third-order valence-electron chi connectivity index (χ3n) is 6.33. The number of hydrogen-bond acceptors (Lipinski definition) is 9. The summed E-state index contributed by atoms with van der Waals surface area (Å²) in [5.41, 5.74) is 10.4. The molecule has 0 bridgehead atoms. The molecule has 1 aliphatic heterocycles. The summed E-state index contributed by atoms with van der Waals surface area (Å²) in [5, 5.41) is 10.3. The zero-order chi connectivity index (χ0) is 26.5. The predicted octanol–water partition coefficient (Wildman–Crippen LogP) is 3.56. The van der Waals surface area contributed by atoms with Crippen LogP contribution in [0.15, 0.2) is 73.6 Å². The fraction of sp³-hybridized carbons (Fsp3) is 0.214. The molecule has 10 heteroatoms. The van der Waals surface area contributed by atoms with E-state index >= 15 is 0 Å². The van der Waals surface area contributed by atoms with Crippen LogP contribution in [0.3, 0.4) is 0 Å². The number of morpholine rings is 1. The number of hydrogen-bond donors (Lipinski definition) is 4. The molecule has 1 aliphatic rings. The Balaban J connectivity index is 1.46. The number of carbonyl (C=O) groups is 1. The number of aromatic nitrogens is 3. The average Bonchev–Trinajstić information content (AvgIpc) is 2.97. The van der Waals surface area contributed by atoms with Gasteiger partial charge in [-0.1, -0.05) is 30.8 Å². The topological polar surface area (TPSA) is 136 Å². The highest BCUT2D eigenvalue weighted by molar-refractivity contribution is 5.99. The molecular weight excluding hydrogens is 482 g/mol. The van der Waals surface area contributed by atoms with Crippen molar-refractivity contribution in [3.05, 3.63) is 79.1 Å². The predicted molar refractivity (Wildman–Crippen MR) is 147 cm³/mol. The number of carbonyl (C=O) groups excluding carboxylic acids is 1. The Bertz CT molecular complexity index is 1480. The number of amides is 1. The molecule has 1 fully saturated rings. The summed E-state index contributed by atoms with van der Waals surface area (Å²) >= 11 is 0. The highest BCUT2D eigenvalue weighted by atomic mass is 16.5. The molecule has 5 N–H and O–H groups in total. The number of nitrogens with two attached hydrogens (primary N) is 1. The van der Waals surface area contributed by atoms with E-state index < -0.39 is 0 Å². The van der Waals surface area contributed by atoms with Crippen LogP contribution in [0.2, 0.25) is 0 Å². The molecule has 10 nitrogen and oxygen atoms in total. The summed E-state index contributed by atoms with van der Waals surface area (Å²) in [7, 11) is 1.62. The van der Waals surface area contributed by atoms with Gasteiger partial charge in [-0.25, -0.2) is 9.97 Å². The van der Waals surface area contributed by atoms with Crippen molar-refractivity contribution >= 4 is 34.1 Å². The first-order chi connectivity index (χ1) is 18.6. The maximum atomic E-state index is 11.7. The van der Waals surface area contributed by atoms with Gasteiger partial charge in [-0.05, 0) is 35.9 Å². The first-order valence-corrected chi connectivity index (χ1v) is 12.2. The second-order valence-corrected chi connectivity index (χ2v) is 8.73. The van der Waals surface area contributed by atoms with Crippen molar-refractivity contribution in [1.29, 1.82) is 0 Å². The van der Waals surface area contributed by atoms with Crippen LogP contribution in [0.25, 0.3) is 22.2 Å². The second-order valence-electron chi connectivity index (χ2n) is 8.73. The lowest BCUT2D eigenvalue weighted by molar-refractivity contribution is -0.111. The molecule has 194 valence electrons. The van der Waals surface area contributed by atoms with E-state index in [1.165, 1.54) is 6.08 Å². The minimum absolute atomic E-state index is 0.0340. The molecule has 38 heavy (non-hydrogen) atoms. The van der Waals surface area contributed by atoms with Gasteiger partial charge < -0.3 is 31.2 Å². The Morgan fingerprint density at radius 1 is 1.26 bits per heavy atom. The highest BCUT2D eigenvalue weighted by Gasteiger charge is 2.26. The van der Waals surface area contributed by atoms with Crippen molar-refractivity contribution in [3.8, 4) is 17.0 Å². The monoisotopic (exact) mass is 511 g/mol. The second kappa shape index (κ2) is 11.3. The molecule has 3 heterocycles. The lowest BCUT2D eigenvalue weighted by Crippen LogP contribution is -2.47. The van der Waals surface area contributed by atoms with Crippen molar-refractivity contribution in [2.24, 2.45) is 5.73 Å². The number of anilines is 3. The lowest BCUT2D eigenvalue weighted by atomic mass is 10.00. The summed E-state index contributed by atoms with van der Waals surface area (Å²) in [6.45, 7) is 5.36. The first kappa shape index (κ1) is 25.3. The molecule has 0 spiro atoms. The zero-order valence-electron chi connectivity index (χ0n) is 21.0. The van der Waals surface area contributed by atoms with E-state index in [1.807, 2.05) is 36.4 Å². The van der Waals surface area contributed by atoms with E-state index in [-0.39, 0.29) is 18.1 Å². The van der Waals surface area contributed by atoms with Gasteiger partial charge in [0, 0.05) is 48.2 Å². The molecular formula is C28H29N7O3. The lowest BCUT2D eigenvalue weighted by Gasteiger charge is -2.32. The molecule has 0 radical (unpaired) electrons. The molecule has 1 saturated heterocycles. The SMILES string of the molecule is C=CC(=O)Nc1ccnc(-c2cccc3cnc(Nc4ccc([C@H]5OCCNC5CN)cc4OC)nc23)c1. The number of pyridine rings is 1. The van der Waals surface area contributed by atoms with Crippen molar-refractivity contribution in [3.63, 3.8) is 0 Å². The van der Waals surface area contributed by atoms with E-state index in [2.05, 4.69) is 32.5 Å². The number of fused-ring (bicyclic) bond motifs is 1. The minimum Gasteiger partial charge on any atom is -0.495 e. The fourth-order valence-electron chi connectivity index (χ4n) is 4.47. The smallest absolute Gasteiger partial charge is 0.247 e. The molecule has 2 aromatic heterocycles. The van der Waals surface area contributed by atoms with E-state index in [0.29, 0.717) is 47.4 Å². The molecule has 4 aromatic rings. The van der Waals surface area contributed by atoms with Gasteiger partial charge in [0.2, 0.25) is 11.9 Å². The number of ether oxygens (including phenoxy) is 2. The first-order valence-electron chi connectivity index (χ1n) is 12.2. The van der Waals surface area contributed by atoms with Gasteiger partial charge in [0.25, 0.3) is 0 Å². The molecule has 0 saturated carbocycles. The van der Waals surface area contributed by atoms with Gasteiger partial charge in [-0.3, -0.25) is 9.78 Å². The van der Waals surface area contributed by atoms with Crippen LogP contribution < -0.4 is 26.4 Å². The summed E-state index contributed by atoms with van der Waals surface area (Å²) in [4.78, 5) is 25.5. The van der Waals surface area contributed by atoms with Crippen molar-refractivity contribution in [2.45, 2.75) is 12.1 Å². The number of nitrogens with zero attached hydrogens (tertiary/aromatic N) is 3. The fourth-order valence-corrected chi connectivity index (χ4v) is 4.47. The van der Waals surface area contributed by atoms with Crippen LogP contribution in [-0.2, 0) is 9.53 Å². The molecule has 2 aromatic carbocycles. The molecule has 0 aliphatic carbocycles. The standard InChI is InChI=1S/C28H29N7O3/c1-3-25(36)33-19-9-10-30-22(14-19)20-6-4-5-18-16-32-28(35-26(18)20)34-21-8-7-17(13-24(21)37-2)27-23(15-29)31-11-12-38-27/h3-10,13-14,16,23,27,31H,1,11-12,15,29H2,2H3,(H,30,33,36)(H,32,34,35)/t23?,27-/m1/s1. The third-order valence-corrected chi connectivity index (χ3v) is 6.33. The summed E-state index contributed by atoms with van der Waals surface area (Å²) in [6, 6.07) is 15.2. The number of nitrogens with one attached hydrogen (secondary N) is 3. The Morgan fingerprint density at radius 2 is 2.16 bits per heavy atom. The van der Waals surface area contributed by atoms with Crippen LogP contribution in [0.5, 0.6) is 5.75 Å². The number of methoxy groups -OCH3 is 1. The van der Waals surface area contributed by atoms with Crippen LogP contribution in [-0.4, -0.2) is 53.7 Å². The van der Waals surface area contributed by atoms with E-state index in [4.69, 9.17) is 20.2 Å². The van der Waals surface area contributed by atoms with Gasteiger partial charge in [0.1, 0.15) is 5.75 Å². The third kappa shape index (κ3) is 5.32. The summed E-state index contributed by atoms with van der Waals surface area (Å²) < 4.78 is 11.7. The molecule has 1 unspecified atom stereocenters. The van der Waals surface area contributed by atoms with Gasteiger partial charge in [-0.15, -0.1) is 0 Å². The Hall–Kier alpha value is -4.38. The van der Waals surface area contributed by atoms with E-state index in [1.54, 1.807) is 31.6 Å². The zero-order valence-corrected chi connectivity index (χ0v) is 21.0. The minimum atomic E-state index is -0.293. The Morgan fingerprint density at radius 3 is 2.97 bits per heavy atom. The maximum absolute atomic E-state index is 11.7. The molecule has 2 atom stereocenters. The van der Waals surface area contributed by atoms with E-state index in [9.17, 15) is 4.79 Å². The van der Waals surface area contributed by atoms with Crippen LogP contribution in [0.1, 0.15) is 11.7 Å². The van der Waals surface area contributed by atoms with Crippen LogP contribution in [0.4, 0.5) is 17.3 Å². The number of benzene rings is 2. The Kier molecular flexibility index (Phi) is 7.55. The van der Waals surface area contributed by atoms with Crippen molar-refractivity contribution < 1.29 is 14.3 Å². The largest absolute Gasteiger partial charge is 0.495 e. The van der Waals surface area contributed by atoms with Crippen LogP contribution in [0, 0.1) is 0 Å². The summed E-state index contributed by atoms with van der Waals surface area (Å²) in [5.74, 6) is 0.748. The summed E-state index contributed by atoms with van der Waals surface area (Å²) in [6.07, 6.45) is 4.46. The molecule has 1 amide bonds. The van der Waals surface area contributed by atoms with Gasteiger partial charge >= 0.3 is 0 Å². The van der Waals surface area contributed by atoms with Crippen LogP contribution >= 0.6 is 0 Å². The average molecular weight is 512 g/mol. The Labute approximate surface area is 220 Å². The van der Waals surface area contributed by atoms with Crippen molar-refractivity contribution in [1.82, 2.24) is 20.3 Å². The number of para-hydroxylation sites is 1. The maximum Gasteiger partial charge on any atom is 0.247 e. The van der Waals surface area contributed by atoms with E-state index in [0.717, 1.165) is 23.1 Å². The van der Waals surface area contributed by atoms with Gasteiger partial charge in [0.05, 0.1) is 36.7 Å². The van der Waals surface area contributed by atoms with Gasteiger partial charge in [0.15, 0.2) is 0 Å². The normalized spacial score (nSPS) is 17.1. The molecule has 5 rings (SSSR count). The highest BCUT2D eigenvalue weighted by Crippen LogP contribution is 2.34. The van der Waals surface area contributed by atoms with Crippen molar-refractivity contribution in [2.75, 3.05) is 37.4 Å². The quantitative estimate of drug-likeness (QED) is 0.262. The number of rotatable bonds is 8. The van der Waals surface area contributed by atoms with Gasteiger partial charge in [-0.2, -0.15) is 0 Å².